The van der Waals surface area contributed by atoms with E-state index in [4.69, 9.17) is 4.74 Å². The molecule has 5 nitrogen and oxygen atoms in total. The van der Waals surface area contributed by atoms with E-state index in [0.29, 0.717) is 6.42 Å². The lowest BCUT2D eigenvalue weighted by atomic mass is 10.0. The number of hydrogen-bond acceptors (Lipinski definition) is 4. The van der Waals surface area contributed by atoms with Gasteiger partial charge in [-0.25, -0.2) is 0 Å². The third-order valence-corrected chi connectivity index (χ3v) is 6.12. The van der Waals surface area contributed by atoms with Crippen molar-refractivity contribution in [1.29, 1.82) is 0 Å². The van der Waals surface area contributed by atoms with E-state index in [-0.39, 0.29) is 10.6 Å². The van der Waals surface area contributed by atoms with Crippen molar-refractivity contribution in [3.63, 3.8) is 0 Å². The standard InChI is InChI=1S/C18H30O3S.C5H11NO/c1-2-3-4-5-6-7-8-9-10-11-14-17-15-12-13-16-18(17)22(19,20)21;1-5(2)6-3-4-7-5/h12-13,15-16H,2-11,14H2,1H3,(H,19,20,21);6H,3-4H2,1-2H3. The van der Waals surface area contributed by atoms with Crippen LogP contribution in [0.5, 0.6) is 0 Å². The second-order valence-electron chi connectivity index (χ2n) is 8.30. The summed E-state index contributed by atoms with van der Waals surface area (Å²) in [6, 6.07) is 6.73. The minimum Gasteiger partial charge on any atom is -0.360 e. The first-order valence-corrected chi connectivity index (χ1v) is 12.6. The van der Waals surface area contributed by atoms with Gasteiger partial charge in [-0.1, -0.05) is 82.9 Å². The van der Waals surface area contributed by atoms with Crippen molar-refractivity contribution >= 4 is 10.1 Å². The maximum Gasteiger partial charge on any atom is 0.294 e. The Bertz CT molecular complexity index is 651. The van der Waals surface area contributed by atoms with Crippen molar-refractivity contribution in [3.05, 3.63) is 29.8 Å². The number of rotatable bonds is 12. The smallest absolute Gasteiger partial charge is 0.294 e. The molecular weight excluding hydrogens is 386 g/mol. The SMILES string of the molecule is CC1(C)NCCO1.CCCCCCCCCCCCc1ccccc1S(=O)(=O)O. The lowest BCUT2D eigenvalue weighted by Crippen LogP contribution is -2.33. The molecule has 0 spiro atoms. The summed E-state index contributed by atoms with van der Waals surface area (Å²) in [5.74, 6) is 0. The Hall–Kier alpha value is -0.950. The van der Waals surface area contributed by atoms with Crippen molar-refractivity contribution in [2.24, 2.45) is 0 Å². The van der Waals surface area contributed by atoms with Gasteiger partial charge in [-0.2, -0.15) is 8.42 Å². The highest BCUT2D eigenvalue weighted by molar-refractivity contribution is 7.85. The van der Waals surface area contributed by atoms with Crippen LogP contribution in [0.3, 0.4) is 0 Å². The largest absolute Gasteiger partial charge is 0.360 e. The monoisotopic (exact) mass is 427 g/mol. The number of benzene rings is 1. The third-order valence-electron chi connectivity index (χ3n) is 5.17. The van der Waals surface area contributed by atoms with Crippen molar-refractivity contribution in [1.82, 2.24) is 5.32 Å². The van der Waals surface area contributed by atoms with E-state index >= 15 is 0 Å². The van der Waals surface area contributed by atoms with Gasteiger partial charge < -0.3 is 4.74 Å². The average molecular weight is 428 g/mol. The van der Waals surface area contributed by atoms with Crippen LogP contribution in [0, 0.1) is 0 Å². The summed E-state index contributed by atoms with van der Waals surface area (Å²) in [4.78, 5) is 0.0610. The lowest BCUT2D eigenvalue weighted by molar-refractivity contribution is 0.0233. The van der Waals surface area contributed by atoms with E-state index in [1.807, 2.05) is 19.9 Å². The normalized spacial score (nSPS) is 15.7. The van der Waals surface area contributed by atoms with Crippen molar-refractivity contribution < 1.29 is 17.7 Å². The summed E-state index contributed by atoms with van der Waals surface area (Å²) in [7, 11) is -4.10. The van der Waals surface area contributed by atoms with Crippen molar-refractivity contribution in [2.75, 3.05) is 13.2 Å². The van der Waals surface area contributed by atoms with Crippen LogP contribution in [0.1, 0.15) is 90.5 Å². The molecule has 0 bridgehead atoms. The van der Waals surface area contributed by atoms with Crippen LogP contribution in [0.15, 0.2) is 29.2 Å². The first kappa shape index (κ1) is 26.1. The Morgan fingerprint density at radius 2 is 1.52 bits per heavy atom. The van der Waals surface area contributed by atoms with E-state index < -0.39 is 10.1 Å². The average Bonchev–Trinajstić information content (AvgIpc) is 3.07. The van der Waals surface area contributed by atoms with Gasteiger partial charge >= 0.3 is 0 Å². The molecule has 2 N–H and O–H groups in total. The molecule has 0 aliphatic carbocycles. The van der Waals surface area contributed by atoms with Gasteiger partial charge in [-0.3, -0.25) is 9.87 Å². The van der Waals surface area contributed by atoms with Crippen molar-refractivity contribution in [2.45, 2.75) is 102 Å². The Balaban J connectivity index is 0.000000502. The second-order valence-corrected chi connectivity index (χ2v) is 9.69. The Morgan fingerprint density at radius 3 is 1.97 bits per heavy atom. The fraction of sp³-hybridized carbons (Fsp3) is 0.739. The fourth-order valence-corrected chi connectivity index (χ4v) is 4.23. The summed E-state index contributed by atoms with van der Waals surface area (Å²) < 4.78 is 37.0. The van der Waals surface area contributed by atoms with Crippen LogP contribution in [0.2, 0.25) is 0 Å². The van der Waals surface area contributed by atoms with Gasteiger partial charge in [0.1, 0.15) is 5.72 Å². The van der Waals surface area contributed by atoms with E-state index in [0.717, 1.165) is 31.6 Å². The third kappa shape index (κ3) is 12.4. The van der Waals surface area contributed by atoms with Gasteiger partial charge in [0, 0.05) is 6.54 Å². The predicted octanol–water partition coefficient (Wildman–Crippen LogP) is 5.74. The fourth-order valence-electron chi connectivity index (χ4n) is 3.47. The minimum atomic E-state index is -4.10. The molecular formula is C23H41NO4S. The zero-order valence-corrected chi connectivity index (χ0v) is 19.4. The highest BCUT2D eigenvalue weighted by Crippen LogP contribution is 2.18. The first-order valence-electron chi connectivity index (χ1n) is 11.2. The van der Waals surface area contributed by atoms with Crippen LogP contribution in [0.25, 0.3) is 0 Å². The van der Waals surface area contributed by atoms with Crippen LogP contribution >= 0.6 is 0 Å². The molecule has 0 radical (unpaired) electrons. The Morgan fingerprint density at radius 1 is 0.966 bits per heavy atom. The quantitative estimate of drug-likeness (QED) is 0.329. The zero-order valence-electron chi connectivity index (χ0n) is 18.6. The van der Waals surface area contributed by atoms with E-state index in [1.54, 1.807) is 12.1 Å². The molecule has 1 aliphatic rings. The van der Waals surface area contributed by atoms with Gasteiger partial charge in [0.05, 0.1) is 11.5 Å². The number of unbranched alkanes of at least 4 members (excludes halogenated alkanes) is 9. The maximum atomic E-state index is 11.3. The summed E-state index contributed by atoms with van der Waals surface area (Å²) in [5.41, 5.74) is 0.671. The Labute approximate surface area is 178 Å². The van der Waals surface area contributed by atoms with Gasteiger partial charge in [0.2, 0.25) is 0 Å². The van der Waals surface area contributed by atoms with Crippen molar-refractivity contribution in [3.8, 4) is 0 Å². The van der Waals surface area contributed by atoms with Gasteiger partial charge in [0.25, 0.3) is 10.1 Å². The highest BCUT2D eigenvalue weighted by atomic mass is 32.2. The molecule has 0 amide bonds. The molecule has 1 fully saturated rings. The molecule has 0 atom stereocenters. The summed E-state index contributed by atoms with van der Waals surface area (Å²) in [6.07, 6.45) is 13.3. The molecule has 2 rings (SSSR count). The molecule has 29 heavy (non-hydrogen) atoms. The molecule has 1 aromatic rings. The molecule has 1 saturated heterocycles. The van der Waals surface area contributed by atoms with E-state index in [2.05, 4.69) is 12.2 Å². The lowest BCUT2D eigenvalue weighted by Gasteiger charge is -2.15. The predicted molar refractivity (Wildman–Crippen MR) is 120 cm³/mol. The van der Waals surface area contributed by atoms with Gasteiger partial charge in [0.15, 0.2) is 0 Å². The first-order chi connectivity index (χ1) is 13.8. The molecule has 1 aliphatic heterocycles. The van der Waals surface area contributed by atoms with E-state index in [1.165, 1.54) is 57.4 Å². The number of aryl methyl sites for hydroxylation is 1. The van der Waals surface area contributed by atoms with Crippen LogP contribution in [-0.2, 0) is 21.3 Å². The van der Waals surface area contributed by atoms with Gasteiger partial charge in [-0.05, 0) is 38.3 Å². The summed E-state index contributed by atoms with van der Waals surface area (Å²) >= 11 is 0. The molecule has 1 aromatic carbocycles. The molecule has 168 valence electrons. The van der Waals surface area contributed by atoms with E-state index in [9.17, 15) is 13.0 Å². The number of hydrogen-bond donors (Lipinski definition) is 2. The summed E-state index contributed by atoms with van der Waals surface area (Å²) in [5, 5.41) is 3.17. The zero-order chi connectivity index (χ0) is 21.6. The second kappa shape index (κ2) is 14.1. The Kier molecular flexibility index (Phi) is 12.7. The molecule has 0 aromatic heterocycles. The summed E-state index contributed by atoms with van der Waals surface area (Å²) in [6.45, 7) is 8.14. The number of nitrogens with one attached hydrogen (secondary N) is 1. The molecule has 1 heterocycles. The molecule has 6 heteroatoms. The van der Waals surface area contributed by atoms with Gasteiger partial charge in [-0.15, -0.1) is 0 Å². The minimum absolute atomic E-state index is 0.0556. The number of ether oxygens (including phenoxy) is 1. The van der Waals surface area contributed by atoms with Crippen LogP contribution in [0.4, 0.5) is 0 Å². The topological polar surface area (TPSA) is 75.6 Å². The van der Waals surface area contributed by atoms with Crippen LogP contribution in [-0.4, -0.2) is 31.8 Å². The molecule has 0 unspecified atom stereocenters. The maximum absolute atomic E-state index is 11.3. The van der Waals surface area contributed by atoms with Crippen LogP contribution < -0.4 is 5.32 Å². The molecule has 0 saturated carbocycles. The highest BCUT2D eigenvalue weighted by Gasteiger charge is 2.21.